The zero-order valence-corrected chi connectivity index (χ0v) is 9.70. The standard InChI is InChI=1S/C11H9ClFN3O/c1-17-8-5-14-11(15-6-8)16-7-2-3-10(13)9(12)4-7/h2-6H,1H3,(H,14,15,16). The molecule has 0 aliphatic rings. The summed E-state index contributed by atoms with van der Waals surface area (Å²) in [4.78, 5) is 8.03. The Bertz CT molecular complexity index is 519. The van der Waals surface area contributed by atoms with Crippen LogP contribution in [0.4, 0.5) is 16.0 Å². The summed E-state index contributed by atoms with van der Waals surface area (Å²) in [6, 6.07) is 4.29. The third kappa shape index (κ3) is 2.82. The molecule has 2 aromatic rings. The number of halogens is 2. The lowest BCUT2D eigenvalue weighted by Crippen LogP contribution is -1.97. The molecule has 0 saturated carbocycles. The van der Waals surface area contributed by atoms with Crippen molar-refractivity contribution in [3.63, 3.8) is 0 Å². The second-order valence-electron chi connectivity index (χ2n) is 3.20. The molecule has 6 heteroatoms. The molecule has 17 heavy (non-hydrogen) atoms. The SMILES string of the molecule is COc1cnc(Nc2ccc(F)c(Cl)c2)nc1. The van der Waals surface area contributed by atoms with Crippen molar-refractivity contribution in [3.05, 3.63) is 41.4 Å². The van der Waals surface area contributed by atoms with Crippen molar-refractivity contribution >= 4 is 23.2 Å². The van der Waals surface area contributed by atoms with E-state index in [4.69, 9.17) is 16.3 Å². The van der Waals surface area contributed by atoms with Gasteiger partial charge in [-0.2, -0.15) is 0 Å². The molecule has 0 spiro atoms. The average molecular weight is 254 g/mol. The number of nitrogens with zero attached hydrogens (tertiary/aromatic N) is 2. The maximum absolute atomic E-state index is 12.9. The van der Waals surface area contributed by atoms with Crippen LogP contribution in [0.1, 0.15) is 0 Å². The van der Waals surface area contributed by atoms with Gasteiger partial charge in [-0.1, -0.05) is 11.6 Å². The number of hydrogen-bond acceptors (Lipinski definition) is 4. The molecule has 0 radical (unpaired) electrons. The second-order valence-corrected chi connectivity index (χ2v) is 3.61. The predicted molar refractivity (Wildman–Crippen MR) is 63.3 cm³/mol. The van der Waals surface area contributed by atoms with Crippen LogP contribution >= 0.6 is 11.6 Å². The minimum absolute atomic E-state index is 0.0449. The number of aromatic nitrogens is 2. The minimum atomic E-state index is -0.465. The van der Waals surface area contributed by atoms with Crippen molar-refractivity contribution in [2.45, 2.75) is 0 Å². The van der Waals surface area contributed by atoms with E-state index in [-0.39, 0.29) is 5.02 Å². The molecular formula is C11H9ClFN3O. The smallest absolute Gasteiger partial charge is 0.227 e. The van der Waals surface area contributed by atoms with E-state index in [0.717, 1.165) is 0 Å². The zero-order valence-electron chi connectivity index (χ0n) is 8.95. The Morgan fingerprint density at radius 3 is 2.59 bits per heavy atom. The van der Waals surface area contributed by atoms with Crippen LogP contribution < -0.4 is 10.1 Å². The first-order valence-corrected chi connectivity index (χ1v) is 5.15. The van der Waals surface area contributed by atoms with Crippen molar-refractivity contribution < 1.29 is 9.13 Å². The van der Waals surface area contributed by atoms with E-state index in [1.807, 2.05) is 0 Å². The molecule has 0 bridgehead atoms. The van der Waals surface area contributed by atoms with E-state index < -0.39 is 5.82 Å². The van der Waals surface area contributed by atoms with Crippen LogP contribution in [-0.2, 0) is 0 Å². The highest BCUT2D eigenvalue weighted by molar-refractivity contribution is 6.31. The Hall–Kier alpha value is -1.88. The van der Waals surface area contributed by atoms with Gasteiger partial charge in [-0.3, -0.25) is 0 Å². The third-order valence-corrected chi connectivity index (χ3v) is 2.33. The Morgan fingerprint density at radius 2 is 2.00 bits per heavy atom. The molecule has 1 heterocycles. The van der Waals surface area contributed by atoms with Gasteiger partial charge in [-0.15, -0.1) is 0 Å². The topological polar surface area (TPSA) is 47.0 Å². The highest BCUT2D eigenvalue weighted by Gasteiger charge is 2.02. The van der Waals surface area contributed by atoms with Crippen molar-refractivity contribution in [2.24, 2.45) is 0 Å². The lowest BCUT2D eigenvalue weighted by Gasteiger charge is -2.05. The fourth-order valence-electron chi connectivity index (χ4n) is 1.19. The van der Waals surface area contributed by atoms with Crippen LogP contribution in [0.2, 0.25) is 5.02 Å². The van der Waals surface area contributed by atoms with Crippen molar-refractivity contribution in [1.82, 2.24) is 9.97 Å². The van der Waals surface area contributed by atoms with Crippen molar-refractivity contribution in [2.75, 3.05) is 12.4 Å². The lowest BCUT2D eigenvalue weighted by molar-refractivity contribution is 0.411. The summed E-state index contributed by atoms with van der Waals surface area (Å²) in [5.41, 5.74) is 0.613. The summed E-state index contributed by atoms with van der Waals surface area (Å²) in [5, 5.41) is 2.94. The molecule has 0 aliphatic heterocycles. The quantitative estimate of drug-likeness (QED) is 0.913. The van der Waals surface area contributed by atoms with E-state index in [0.29, 0.717) is 17.4 Å². The third-order valence-electron chi connectivity index (χ3n) is 2.04. The molecule has 0 aliphatic carbocycles. The van der Waals surface area contributed by atoms with Gasteiger partial charge in [0.2, 0.25) is 5.95 Å². The summed E-state index contributed by atoms with van der Waals surface area (Å²) in [5.74, 6) is 0.481. The molecule has 1 aromatic carbocycles. The van der Waals surface area contributed by atoms with Crippen LogP contribution in [0.3, 0.4) is 0 Å². The van der Waals surface area contributed by atoms with Crippen molar-refractivity contribution in [1.29, 1.82) is 0 Å². The first-order chi connectivity index (χ1) is 8.19. The molecule has 4 nitrogen and oxygen atoms in total. The fraction of sp³-hybridized carbons (Fsp3) is 0.0909. The molecule has 0 amide bonds. The van der Waals surface area contributed by atoms with Gasteiger partial charge in [-0.25, -0.2) is 14.4 Å². The second kappa shape index (κ2) is 4.97. The summed E-state index contributed by atoms with van der Waals surface area (Å²) in [7, 11) is 1.53. The molecule has 88 valence electrons. The summed E-state index contributed by atoms with van der Waals surface area (Å²) < 4.78 is 17.9. The number of hydrogen-bond donors (Lipinski definition) is 1. The van der Waals surface area contributed by atoms with Gasteiger partial charge < -0.3 is 10.1 Å². The number of nitrogens with one attached hydrogen (secondary N) is 1. The molecule has 1 aromatic heterocycles. The highest BCUT2D eigenvalue weighted by Crippen LogP contribution is 2.21. The summed E-state index contributed by atoms with van der Waals surface area (Å²) >= 11 is 5.65. The largest absolute Gasteiger partial charge is 0.494 e. The fourth-order valence-corrected chi connectivity index (χ4v) is 1.37. The Kier molecular flexibility index (Phi) is 3.39. The highest BCUT2D eigenvalue weighted by atomic mass is 35.5. The van der Waals surface area contributed by atoms with E-state index in [1.165, 1.54) is 31.6 Å². The van der Waals surface area contributed by atoms with Crippen LogP contribution in [-0.4, -0.2) is 17.1 Å². The Labute approximate surface area is 102 Å². The van der Waals surface area contributed by atoms with Gasteiger partial charge in [0.05, 0.1) is 24.5 Å². The Balaban J connectivity index is 2.16. The molecule has 0 fully saturated rings. The maximum Gasteiger partial charge on any atom is 0.227 e. The van der Waals surface area contributed by atoms with Gasteiger partial charge in [0.1, 0.15) is 5.82 Å². The normalized spacial score (nSPS) is 10.1. The number of benzene rings is 1. The molecule has 0 saturated heterocycles. The number of ether oxygens (including phenoxy) is 1. The van der Waals surface area contributed by atoms with Crippen LogP contribution in [0.15, 0.2) is 30.6 Å². The monoisotopic (exact) mass is 253 g/mol. The van der Waals surface area contributed by atoms with Crippen LogP contribution in [0.5, 0.6) is 5.75 Å². The minimum Gasteiger partial charge on any atom is -0.494 e. The van der Waals surface area contributed by atoms with E-state index in [1.54, 1.807) is 6.07 Å². The lowest BCUT2D eigenvalue weighted by atomic mass is 10.3. The Morgan fingerprint density at radius 1 is 1.29 bits per heavy atom. The van der Waals surface area contributed by atoms with Gasteiger partial charge in [0, 0.05) is 5.69 Å². The number of rotatable bonds is 3. The van der Waals surface area contributed by atoms with Crippen LogP contribution in [0.25, 0.3) is 0 Å². The molecule has 2 rings (SSSR count). The van der Waals surface area contributed by atoms with E-state index in [9.17, 15) is 4.39 Å². The number of anilines is 2. The van der Waals surface area contributed by atoms with Gasteiger partial charge in [0.15, 0.2) is 5.75 Å². The molecular weight excluding hydrogens is 245 g/mol. The van der Waals surface area contributed by atoms with E-state index in [2.05, 4.69) is 15.3 Å². The van der Waals surface area contributed by atoms with Gasteiger partial charge in [0.25, 0.3) is 0 Å². The summed E-state index contributed by atoms with van der Waals surface area (Å²) in [6.07, 6.45) is 3.06. The first kappa shape index (κ1) is 11.6. The molecule has 1 N–H and O–H groups in total. The first-order valence-electron chi connectivity index (χ1n) is 4.77. The van der Waals surface area contributed by atoms with Gasteiger partial charge in [-0.05, 0) is 18.2 Å². The van der Waals surface area contributed by atoms with Crippen LogP contribution in [0, 0.1) is 5.82 Å². The number of methoxy groups -OCH3 is 1. The maximum atomic E-state index is 12.9. The average Bonchev–Trinajstić information content (AvgIpc) is 2.35. The summed E-state index contributed by atoms with van der Waals surface area (Å²) in [6.45, 7) is 0. The molecule has 0 unspecified atom stereocenters. The van der Waals surface area contributed by atoms with E-state index >= 15 is 0 Å². The molecule has 0 atom stereocenters. The predicted octanol–water partition coefficient (Wildman–Crippen LogP) is 3.02. The van der Waals surface area contributed by atoms with Gasteiger partial charge >= 0.3 is 0 Å². The zero-order chi connectivity index (χ0) is 12.3. The van der Waals surface area contributed by atoms with Crippen molar-refractivity contribution in [3.8, 4) is 5.75 Å².